The molecule has 3 heteroatoms. The normalized spacial score (nSPS) is 10.6. The zero-order valence-electron chi connectivity index (χ0n) is 11.6. The monoisotopic (exact) mass is 234 g/mol. The Balaban J connectivity index is 0.000000325. The van der Waals surface area contributed by atoms with Gasteiger partial charge in [0.25, 0.3) is 8.05 Å². The van der Waals surface area contributed by atoms with Gasteiger partial charge in [0.05, 0.1) is 21.1 Å². The van der Waals surface area contributed by atoms with Crippen LogP contribution < -0.4 is 4.48 Å². The van der Waals surface area contributed by atoms with Crippen LogP contribution in [0.1, 0.15) is 26.2 Å². The highest BCUT2D eigenvalue weighted by atomic mass is 16.4. The first-order chi connectivity index (χ1) is 8.02. The number of hydrogen-bond donors (Lipinski definition) is 0. The van der Waals surface area contributed by atoms with Gasteiger partial charge in [-0.1, -0.05) is 38.0 Å². The maximum Gasteiger partial charge on any atom is 0.282 e. The molecular formula is C14H25BNO+. The molecule has 0 aliphatic rings. The maximum atomic E-state index is 4.77. The van der Waals surface area contributed by atoms with Crippen LogP contribution in [0.25, 0.3) is 0 Å². The van der Waals surface area contributed by atoms with Crippen LogP contribution in [0.5, 0.6) is 0 Å². The van der Waals surface area contributed by atoms with E-state index in [4.69, 9.17) is 8.05 Å². The topological polar surface area (TPSA) is 9.23 Å². The second-order valence-electron chi connectivity index (χ2n) is 4.93. The predicted octanol–water partition coefficient (Wildman–Crippen LogP) is 3.16. The second-order valence-corrected chi connectivity index (χ2v) is 4.93. The van der Waals surface area contributed by atoms with Gasteiger partial charge in [0.1, 0.15) is 5.69 Å². The average Bonchev–Trinajstić information content (AvgIpc) is 2.31. The zero-order valence-corrected chi connectivity index (χ0v) is 11.6. The van der Waals surface area contributed by atoms with Crippen molar-refractivity contribution in [3.8, 4) is 0 Å². The van der Waals surface area contributed by atoms with E-state index in [1.54, 1.807) is 0 Å². The van der Waals surface area contributed by atoms with Crippen molar-refractivity contribution in [1.29, 1.82) is 0 Å². The minimum Gasteiger partial charge on any atom is -0.448 e. The van der Waals surface area contributed by atoms with E-state index in [0.717, 1.165) is 10.9 Å². The molecule has 94 valence electrons. The van der Waals surface area contributed by atoms with E-state index in [-0.39, 0.29) is 0 Å². The van der Waals surface area contributed by atoms with E-state index >= 15 is 0 Å². The Kier molecular flexibility index (Phi) is 8.82. The van der Waals surface area contributed by atoms with Gasteiger partial charge in [-0.3, -0.25) is 4.48 Å². The van der Waals surface area contributed by atoms with Crippen LogP contribution >= 0.6 is 0 Å². The first-order valence-corrected chi connectivity index (χ1v) is 6.21. The molecule has 0 aliphatic carbocycles. The van der Waals surface area contributed by atoms with Crippen LogP contribution in [0, 0.1) is 0 Å². The minimum absolute atomic E-state index is 0.702. The van der Waals surface area contributed by atoms with Crippen molar-refractivity contribution < 1.29 is 4.65 Å². The zero-order chi connectivity index (χ0) is 13.1. The lowest BCUT2D eigenvalue weighted by atomic mass is 10.3. The highest BCUT2D eigenvalue weighted by Gasteiger charge is 2.08. The van der Waals surface area contributed by atoms with Gasteiger partial charge in [-0.25, -0.2) is 0 Å². The van der Waals surface area contributed by atoms with Crippen LogP contribution in [0.15, 0.2) is 30.3 Å². The van der Waals surface area contributed by atoms with Crippen molar-refractivity contribution in [3.05, 3.63) is 30.3 Å². The van der Waals surface area contributed by atoms with Crippen LogP contribution in [0.4, 0.5) is 5.69 Å². The van der Waals surface area contributed by atoms with E-state index in [2.05, 4.69) is 57.0 Å². The molecule has 0 amide bonds. The standard InChI is InChI=1S/C9H14N.C5H11BO/c1-10(2,3)9-7-5-4-6-8-9;1-2-3-4-5-7-6/h4-8H,1-3H3;2-5H2,1H3/q+1;. The molecule has 0 unspecified atom stereocenters. The summed E-state index contributed by atoms with van der Waals surface area (Å²) in [6.07, 6.45) is 3.54. The third-order valence-electron chi connectivity index (χ3n) is 2.40. The quantitative estimate of drug-likeness (QED) is 0.432. The maximum absolute atomic E-state index is 4.77. The highest BCUT2D eigenvalue weighted by Crippen LogP contribution is 2.14. The summed E-state index contributed by atoms with van der Waals surface area (Å²) in [5.74, 6) is 0. The Morgan fingerprint density at radius 1 is 1.06 bits per heavy atom. The number of nitrogens with zero attached hydrogens (tertiary/aromatic N) is 1. The molecule has 0 bridgehead atoms. The fourth-order valence-corrected chi connectivity index (χ4v) is 1.31. The van der Waals surface area contributed by atoms with E-state index in [1.165, 1.54) is 18.5 Å². The predicted molar refractivity (Wildman–Crippen MR) is 77.2 cm³/mol. The van der Waals surface area contributed by atoms with Crippen LogP contribution in [0.3, 0.4) is 0 Å². The van der Waals surface area contributed by atoms with Gasteiger partial charge >= 0.3 is 0 Å². The molecule has 1 aromatic carbocycles. The Labute approximate surface area is 108 Å². The lowest BCUT2D eigenvalue weighted by molar-refractivity contribution is 0.335. The smallest absolute Gasteiger partial charge is 0.282 e. The lowest BCUT2D eigenvalue weighted by Crippen LogP contribution is -2.34. The molecule has 2 radical (unpaired) electrons. The molecule has 0 saturated carbocycles. The number of quaternary nitrogens is 1. The molecule has 2 nitrogen and oxygen atoms in total. The number of para-hydroxylation sites is 1. The molecule has 0 aromatic heterocycles. The van der Waals surface area contributed by atoms with Gasteiger partial charge in [0, 0.05) is 6.61 Å². The first kappa shape index (κ1) is 16.2. The van der Waals surface area contributed by atoms with Crippen molar-refractivity contribution >= 4 is 13.7 Å². The van der Waals surface area contributed by atoms with Crippen molar-refractivity contribution in [2.75, 3.05) is 27.7 Å². The van der Waals surface area contributed by atoms with E-state index in [1.807, 2.05) is 6.07 Å². The molecule has 0 atom stereocenters. The molecule has 1 rings (SSSR count). The summed E-state index contributed by atoms with van der Waals surface area (Å²) in [4.78, 5) is 0. The SMILES string of the molecule is C[N+](C)(C)c1ccccc1.[B]OCCCCC. The number of hydrogen-bond acceptors (Lipinski definition) is 1. The van der Waals surface area contributed by atoms with Crippen LogP contribution in [0.2, 0.25) is 0 Å². The lowest BCUT2D eigenvalue weighted by Gasteiger charge is -2.22. The van der Waals surface area contributed by atoms with Crippen molar-refractivity contribution in [1.82, 2.24) is 4.48 Å². The van der Waals surface area contributed by atoms with E-state index < -0.39 is 0 Å². The first-order valence-electron chi connectivity index (χ1n) is 6.21. The summed E-state index contributed by atoms with van der Waals surface area (Å²) in [5.41, 5.74) is 1.34. The largest absolute Gasteiger partial charge is 0.448 e. The third kappa shape index (κ3) is 8.96. The number of rotatable bonds is 5. The fraction of sp³-hybridized carbons (Fsp3) is 0.571. The van der Waals surface area contributed by atoms with E-state index in [9.17, 15) is 0 Å². The summed E-state index contributed by atoms with van der Waals surface area (Å²) in [6, 6.07) is 10.5. The van der Waals surface area contributed by atoms with E-state index in [0.29, 0.717) is 6.61 Å². The molecular weight excluding hydrogens is 209 g/mol. The molecule has 0 heterocycles. The van der Waals surface area contributed by atoms with Crippen molar-refractivity contribution in [3.63, 3.8) is 0 Å². The summed E-state index contributed by atoms with van der Waals surface area (Å²) in [7, 11) is 11.3. The van der Waals surface area contributed by atoms with Gasteiger partial charge in [0.2, 0.25) is 0 Å². The molecule has 17 heavy (non-hydrogen) atoms. The Morgan fingerprint density at radius 3 is 2.00 bits per heavy atom. The molecule has 0 saturated heterocycles. The average molecular weight is 234 g/mol. The molecule has 0 N–H and O–H groups in total. The molecule has 0 aliphatic heterocycles. The van der Waals surface area contributed by atoms with Gasteiger partial charge in [-0.2, -0.15) is 0 Å². The van der Waals surface area contributed by atoms with Crippen molar-refractivity contribution in [2.24, 2.45) is 0 Å². The number of unbranched alkanes of at least 4 members (excludes halogenated alkanes) is 2. The van der Waals surface area contributed by atoms with Gasteiger partial charge < -0.3 is 4.65 Å². The molecule has 1 aromatic rings. The van der Waals surface area contributed by atoms with Gasteiger partial charge in [0.15, 0.2) is 0 Å². The molecule has 0 fully saturated rings. The summed E-state index contributed by atoms with van der Waals surface area (Å²) in [5, 5.41) is 0. The Morgan fingerprint density at radius 2 is 1.65 bits per heavy atom. The summed E-state index contributed by atoms with van der Waals surface area (Å²) in [6.45, 7) is 2.85. The van der Waals surface area contributed by atoms with Gasteiger partial charge in [-0.15, -0.1) is 0 Å². The fourth-order valence-electron chi connectivity index (χ4n) is 1.31. The second kappa shape index (κ2) is 9.26. The Bertz CT molecular complexity index is 265. The van der Waals surface area contributed by atoms with Gasteiger partial charge in [-0.05, 0) is 18.6 Å². The third-order valence-corrected chi connectivity index (χ3v) is 2.40. The Hall–Kier alpha value is -0.795. The van der Waals surface area contributed by atoms with Crippen LogP contribution in [-0.4, -0.2) is 35.8 Å². The molecule has 0 spiro atoms. The van der Waals surface area contributed by atoms with Crippen LogP contribution in [-0.2, 0) is 4.65 Å². The minimum atomic E-state index is 0.702. The highest BCUT2D eigenvalue weighted by molar-refractivity contribution is 5.97. The summed E-state index contributed by atoms with van der Waals surface area (Å²) < 4.78 is 5.23. The van der Waals surface area contributed by atoms with Crippen molar-refractivity contribution in [2.45, 2.75) is 26.2 Å². The summed E-state index contributed by atoms with van der Waals surface area (Å²) >= 11 is 0. The number of benzene rings is 1.